The van der Waals surface area contributed by atoms with Crippen LogP contribution in [0.5, 0.6) is 0 Å². The molecule has 3 fully saturated rings. The molecular weight excluding hydrogens is 150 g/mol. The van der Waals surface area contributed by atoms with Crippen LogP contribution in [0.15, 0.2) is 0 Å². The van der Waals surface area contributed by atoms with Gasteiger partial charge in [0.2, 0.25) is 0 Å². The Balaban J connectivity index is 1.38. The largest absolute Gasteiger partial charge is 0.375 e. The molecular formula is C10H17NO. The maximum atomic E-state index is 5.77. The fourth-order valence-corrected chi connectivity index (χ4v) is 2.63. The van der Waals surface area contributed by atoms with Crippen molar-refractivity contribution in [2.75, 3.05) is 19.7 Å². The molecule has 1 saturated heterocycles. The zero-order valence-electron chi connectivity index (χ0n) is 7.46. The summed E-state index contributed by atoms with van der Waals surface area (Å²) in [6.45, 7) is 3.21. The lowest BCUT2D eigenvalue weighted by Crippen LogP contribution is -2.48. The van der Waals surface area contributed by atoms with E-state index in [1.165, 1.54) is 19.3 Å². The number of rotatable bonds is 3. The Bertz CT molecular complexity index is 169. The monoisotopic (exact) mass is 167 g/mol. The molecule has 2 nitrogen and oxygen atoms in total. The molecule has 68 valence electrons. The van der Waals surface area contributed by atoms with Crippen LogP contribution in [-0.2, 0) is 4.74 Å². The summed E-state index contributed by atoms with van der Waals surface area (Å²) in [4.78, 5) is 0. The van der Waals surface area contributed by atoms with E-state index in [0.717, 1.165) is 37.5 Å². The number of hydrogen-bond acceptors (Lipinski definition) is 2. The highest BCUT2D eigenvalue weighted by atomic mass is 16.5. The quantitative estimate of drug-likeness (QED) is 0.677. The molecule has 2 heteroatoms. The minimum Gasteiger partial charge on any atom is -0.375 e. The Hall–Kier alpha value is -0.0800. The van der Waals surface area contributed by atoms with Gasteiger partial charge in [-0.05, 0) is 37.0 Å². The minimum absolute atomic E-state index is 0.543. The van der Waals surface area contributed by atoms with Crippen molar-refractivity contribution in [2.24, 2.45) is 17.8 Å². The fourth-order valence-electron chi connectivity index (χ4n) is 2.63. The second kappa shape index (κ2) is 2.71. The van der Waals surface area contributed by atoms with Crippen molar-refractivity contribution in [2.45, 2.75) is 25.4 Å². The SMILES string of the molecule is C(OC1CNC1)C1CC2CC2C1. The minimum atomic E-state index is 0.543. The number of hydrogen-bond donors (Lipinski definition) is 1. The first kappa shape index (κ1) is 7.34. The molecule has 0 aromatic carbocycles. The van der Waals surface area contributed by atoms with Gasteiger partial charge in [-0.2, -0.15) is 0 Å². The standard InChI is InChI=1S/C10H17NO/c1-7(2-9-3-8(1)9)6-12-10-4-11-5-10/h7-11H,1-6H2. The van der Waals surface area contributed by atoms with Crippen LogP contribution in [-0.4, -0.2) is 25.8 Å². The predicted octanol–water partition coefficient (Wildman–Crippen LogP) is 1.02. The highest BCUT2D eigenvalue weighted by molar-refractivity contribution is 4.95. The van der Waals surface area contributed by atoms with Crippen LogP contribution in [0.3, 0.4) is 0 Å². The summed E-state index contributed by atoms with van der Waals surface area (Å²) in [5.41, 5.74) is 0. The molecule has 2 atom stereocenters. The Kier molecular flexibility index (Phi) is 1.66. The van der Waals surface area contributed by atoms with Crippen LogP contribution in [0.4, 0.5) is 0 Å². The van der Waals surface area contributed by atoms with Gasteiger partial charge < -0.3 is 10.1 Å². The highest BCUT2D eigenvalue weighted by Crippen LogP contribution is 2.54. The Labute approximate surface area is 73.7 Å². The smallest absolute Gasteiger partial charge is 0.0823 e. The van der Waals surface area contributed by atoms with Crippen LogP contribution >= 0.6 is 0 Å². The Morgan fingerprint density at radius 1 is 1.08 bits per heavy atom. The Morgan fingerprint density at radius 2 is 1.83 bits per heavy atom. The number of ether oxygens (including phenoxy) is 1. The lowest BCUT2D eigenvalue weighted by Gasteiger charge is -2.28. The first-order valence-corrected chi connectivity index (χ1v) is 5.24. The summed E-state index contributed by atoms with van der Waals surface area (Å²) in [5.74, 6) is 3.13. The molecule has 3 aliphatic rings. The van der Waals surface area contributed by atoms with Crippen LogP contribution in [0.1, 0.15) is 19.3 Å². The molecule has 0 spiro atoms. The highest BCUT2D eigenvalue weighted by Gasteiger charge is 2.45. The molecule has 2 aliphatic carbocycles. The van der Waals surface area contributed by atoms with E-state index >= 15 is 0 Å². The van der Waals surface area contributed by atoms with Crippen LogP contribution < -0.4 is 5.32 Å². The summed E-state index contributed by atoms with van der Waals surface area (Å²) in [6, 6.07) is 0. The third-order valence-corrected chi connectivity index (χ3v) is 3.65. The number of nitrogens with one attached hydrogen (secondary N) is 1. The van der Waals surface area contributed by atoms with E-state index in [-0.39, 0.29) is 0 Å². The molecule has 12 heavy (non-hydrogen) atoms. The summed E-state index contributed by atoms with van der Waals surface area (Å²) < 4.78 is 5.77. The van der Waals surface area contributed by atoms with Crippen LogP contribution in [0.25, 0.3) is 0 Å². The van der Waals surface area contributed by atoms with Crippen molar-refractivity contribution >= 4 is 0 Å². The van der Waals surface area contributed by atoms with E-state index in [1.54, 1.807) is 0 Å². The third kappa shape index (κ3) is 1.27. The normalized spacial score (nSPS) is 45.5. The first-order valence-electron chi connectivity index (χ1n) is 5.24. The average Bonchev–Trinajstić information content (AvgIpc) is 2.57. The molecule has 2 saturated carbocycles. The Morgan fingerprint density at radius 3 is 2.42 bits per heavy atom. The zero-order valence-corrected chi connectivity index (χ0v) is 7.46. The zero-order chi connectivity index (χ0) is 7.97. The van der Waals surface area contributed by atoms with Crippen LogP contribution in [0.2, 0.25) is 0 Å². The van der Waals surface area contributed by atoms with Gasteiger partial charge in [-0.25, -0.2) is 0 Å². The maximum Gasteiger partial charge on any atom is 0.0823 e. The van der Waals surface area contributed by atoms with Crippen molar-refractivity contribution in [1.29, 1.82) is 0 Å². The van der Waals surface area contributed by atoms with Gasteiger partial charge in [0.15, 0.2) is 0 Å². The van der Waals surface area contributed by atoms with Gasteiger partial charge in [0.05, 0.1) is 6.10 Å². The maximum absolute atomic E-state index is 5.77. The lowest BCUT2D eigenvalue weighted by atomic mass is 10.1. The summed E-state index contributed by atoms with van der Waals surface area (Å²) in [7, 11) is 0. The van der Waals surface area contributed by atoms with E-state index in [2.05, 4.69) is 5.32 Å². The molecule has 3 rings (SSSR count). The van der Waals surface area contributed by atoms with Crippen molar-refractivity contribution in [1.82, 2.24) is 5.32 Å². The first-order chi connectivity index (χ1) is 5.92. The molecule has 0 amide bonds. The van der Waals surface area contributed by atoms with Crippen molar-refractivity contribution in [3.8, 4) is 0 Å². The van der Waals surface area contributed by atoms with Crippen molar-refractivity contribution in [3.05, 3.63) is 0 Å². The topological polar surface area (TPSA) is 21.3 Å². The van der Waals surface area contributed by atoms with E-state index in [9.17, 15) is 0 Å². The molecule has 1 heterocycles. The molecule has 1 N–H and O–H groups in total. The van der Waals surface area contributed by atoms with Gasteiger partial charge in [-0.15, -0.1) is 0 Å². The second-order valence-corrected chi connectivity index (χ2v) is 4.71. The summed E-state index contributed by atoms with van der Waals surface area (Å²) in [6.07, 6.45) is 5.00. The van der Waals surface area contributed by atoms with E-state index in [0.29, 0.717) is 6.10 Å². The molecule has 1 aliphatic heterocycles. The van der Waals surface area contributed by atoms with Gasteiger partial charge >= 0.3 is 0 Å². The van der Waals surface area contributed by atoms with Gasteiger partial charge in [-0.1, -0.05) is 0 Å². The second-order valence-electron chi connectivity index (χ2n) is 4.71. The van der Waals surface area contributed by atoms with E-state index in [4.69, 9.17) is 4.74 Å². The fraction of sp³-hybridized carbons (Fsp3) is 1.00. The van der Waals surface area contributed by atoms with E-state index < -0.39 is 0 Å². The molecule has 0 aromatic rings. The van der Waals surface area contributed by atoms with E-state index in [1.807, 2.05) is 0 Å². The summed E-state index contributed by atoms with van der Waals surface area (Å²) >= 11 is 0. The third-order valence-electron chi connectivity index (χ3n) is 3.65. The molecule has 0 bridgehead atoms. The van der Waals surface area contributed by atoms with Gasteiger partial charge in [0.25, 0.3) is 0 Å². The van der Waals surface area contributed by atoms with Gasteiger partial charge in [0.1, 0.15) is 0 Å². The predicted molar refractivity (Wildman–Crippen MR) is 46.9 cm³/mol. The van der Waals surface area contributed by atoms with Crippen molar-refractivity contribution < 1.29 is 4.74 Å². The van der Waals surface area contributed by atoms with Crippen LogP contribution in [0, 0.1) is 17.8 Å². The van der Waals surface area contributed by atoms with Gasteiger partial charge in [0, 0.05) is 19.7 Å². The molecule has 2 unspecified atom stereocenters. The lowest BCUT2D eigenvalue weighted by molar-refractivity contribution is -0.00151. The van der Waals surface area contributed by atoms with Crippen molar-refractivity contribution in [3.63, 3.8) is 0 Å². The average molecular weight is 167 g/mol. The molecule has 0 radical (unpaired) electrons. The summed E-state index contributed by atoms with van der Waals surface area (Å²) in [5, 5.41) is 3.23. The molecule has 0 aromatic heterocycles. The number of fused-ring (bicyclic) bond motifs is 1. The van der Waals surface area contributed by atoms with Gasteiger partial charge in [-0.3, -0.25) is 0 Å².